The van der Waals surface area contributed by atoms with E-state index in [0.29, 0.717) is 0 Å². The molecule has 2 nitrogen and oxygen atoms in total. The van der Waals surface area contributed by atoms with Crippen molar-refractivity contribution in [2.75, 3.05) is 0 Å². The van der Waals surface area contributed by atoms with Crippen molar-refractivity contribution in [1.29, 1.82) is 0 Å². The maximum atomic E-state index is 13.0. The molecule has 3 rings (SSSR count). The molecule has 0 saturated carbocycles. The van der Waals surface area contributed by atoms with Gasteiger partial charge in [0.05, 0.1) is 16.5 Å². The minimum Gasteiger partial charge on any atom is -0.446 e. The number of carbonyl (C=O) groups is 1. The number of ether oxygens (including phenoxy) is 1. The highest BCUT2D eigenvalue weighted by Gasteiger charge is 2.51. The fraction of sp³-hybridized carbons (Fsp3) is 0.174. The van der Waals surface area contributed by atoms with Gasteiger partial charge in [0.2, 0.25) is 5.60 Å². The van der Waals surface area contributed by atoms with Crippen molar-refractivity contribution in [2.45, 2.75) is 40.3 Å². The molecule has 0 bridgehead atoms. The van der Waals surface area contributed by atoms with Crippen LogP contribution in [0.4, 0.5) is 13.2 Å². The van der Waals surface area contributed by atoms with E-state index in [1.54, 1.807) is 12.1 Å². The van der Waals surface area contributed by atoms with E-state index in [0.717, 1.165) is 28.5 Å². The summed E-state index contributed by atoms with van der Waals surface area (Å²) in [4.78, 5) is 15.4. The van der Waals surface area contributed by atoms with Gasteiger partial charge in [-0.25, -0.2) is 4.79 Å². The maximum absolute atomic E-state index is 13.0. The molecule has 29 heavy (non-hydrogen) atoms. The summed E-state index contributed by atoms with van der Waals surface area (Å²) in [5, 5.41) is 0. The van der Waals surface area contributed by atoms with Crippen LogP contribution in [0.5, 0.6) is 0 Å². The lowest BCUT2D eigenvalue weighted by molar-refractivity contribution is -0.244. The highest BCUT2D eigenvalue weighted by Crippen LogP contribution is 2.34. The first-order valence-corrected chi connectivity index (χ1v) is 10.2. The second-order valence-electron chi connectivity index (χ2n) is 6.85. The first-order valence-electron chi connectivity index (χ1n) is 8.93. The molecule has 0 amide bonds. The molecule has 0 spiro atoms. The number of carbonyl (C=O) groups excluding carboxylic acids is 1. The zero-order valence-electron chi connectivity index (χ0n) is 15.9. The zero-order valence-corrected chi connectivity index (χ0v) is 16.8. The van der Waals surface area contributed by atoms with Crippen molar-refractivity contribution in [2.24, 2.45) is 0 Å². The summed E-state index contributed by atoms with van der Waals surface area (Å²) in [6.45, 7) is 1.67. The van der Waals surface area contributed by atoms with Gasteiger partial charge >= 0.3 is 12.1 Å². The second kappa shape index (κ2) is 8.33. The summed E-state index contributed by atoms with van der Waals surface area (Å²) in [6.07, 6.45) is -4.64. The largest absolute Gasteiger partial charge is 0.446 e. The summed E-state index contributed by atoms with van der Waals surface area (Å²) in [5.41, 5.74) is -2.48. The molecule has 0 unspecified atom stereocenters. The van der Waals surface area contributed by atoms with Crippen LogP contribution in [0, 0.1) is 0 Å². The van der Waals surface area contributed by atoms with Crippen LogP contribution in [0.1, 0.15) is 24.2 Å². The molecular formula is C23H20F3O2S+. The Hall–Kier alpha value is -2.73. The summed E-state index contributed by atoms with van der Waals surface area (Å²) in [7, 11) is -0.401. The van der Waals surface area contributed by atoms with Crippen LogP contribution in [-0.2, 0) is 15.6 Å². The topological polar surface area (TPSA) is 26.3 Å². The molecule has 0 fully saturated rings. The minimum atomic E-state index is -4.64. The van der Waals surface area contributed by atoms with E-state index in [-0.39, 0.29) is 5.56 Å². The van der Waals surface area contributed by atoms with E-state index < -0.39 is 28.6 Å². The molecule has 0 N–H and O–H groups in total. The Morgan fingerprint density at radius 2 is 1.14 bits per heavy atom. The second-order valence-corrected chi connectivity index (χ2v) is 8.88. The van der Waals surface area contributed by atoms with Crippen molar-refractivity contribution >= 4 is 16.9 Å². The number of rotatable bonds is 5. The molecular weight excluding hydrogens is 397 g/mol. The molecule has 0 aliphatic heterocycles. The third-order valence-electron chi connectivity index (χ3n) is 4.31. The van der Waals surface area contributed by atoms with Crippen LogP contribution in [0.2, 0.25) is 0 Å². The molecule has 3 aromatic carbocycles. The number of benzene rings is 3. The fourth-order valence-corrected chi connectivity index (χ4v) is 4.68. The zero-order chi connectivity index (χ0) is 21.1. The van der Waals surface area contributed by atoms with Crippen LogP contribution in [0.15, 0.2) is 99.6 Å². The van der Waals surface area contributed by atoms with Crippen LogP contribution < -0.4 is 0 Å². The average Bonchev–Trinajstić information content (AvgIpc) is 2.69. The lowest BCUT2D eigenvalue weighted by Crippen LogP contribution is -2.43. The van der Waals surface area contributed by atoms with Gasteiger partial charge in [-0.3, -0.25) is 0 Å². The number of hydrogen-bond acceptors (Lipinski definition) is 2. The van der Waals surface area contributed by atoms with Gasteiger partial charge in [0.15, 0.2) is 14.7 Å². The predicted molar refractivity (Wildman–Crippen MR) is 107 cm³/mol. The van der Waals surface area contributed by atoms with Crippen molar-refractivity contribution in [1.82, 2.24) is 0 Å². The first kappa shape index (κ1) is 21.0. The average molecular weight is 417 g/mol. The Morgan fingerprint density at radius 1 is 0.724 bits per heavy atom. The van der Waals surface area contributed by atoms with Gasteiger partial charge in [0.25, 0.3) is 0 Å². The van der Waals surface area contributed by atoms with Crippen LogP contribution in [0.25, 0.3) is 0 Å². The van der Waals surface area contributed by atoms with Gasteiger partial charge in [-0.1, -0.05) is 36.4 Å². The van der Waals surface area contributed by atoms with Gasteiger partial charge in [-0.15, -0.1) is 0 Å². The Balaban J connectivity index is 1.90. The number of halogens is 3. The molecule has 0 saturated heterocycles. The summed E-state index contributed by atoms with van der Waals surface area (Å²) >= 11 is 0. The van der Waals surface area contributed by atoms with Crippen LogP contribution >= 0.6 is 0 Å². The molecule has 0 heterocycles. The van der Waals surface area contributed by atoms with Crippen LogP contribution in [-0.4, -0.2) is 17.7 Å². The minimum absolute atomic E-state index is 0.0794. The lowest BCUT2D eigenvalue weighted by atomic mass is 10.1. The number of esters is 1. The predicted octanol–water partition coefficient (Wildman–Crippen LogP) is 6.28. The SMILES string of the molecule is CC(C)(OC(=O)c1ccc([S+](c2ccccc2)c2ccccc2)cc1)C(F)(F)F. The molecule has 0 aliphatic carbocycles. The van der Waals surface area contributed by atoms with Gasteiger partial charge in [-0.05, 0) is 62.4 Å². The highest BCUT2D eigenvalue weighted by molar-refractivity contribution is 7.97. The van der Waals surface area contributed by atoms with Gasteiger partial charge < -0.3 is 4.74 Å². The maximum Gasteiger partial charge on any atom is 0.427 e. The molecule has 3 aromatic rings. The smallest absolute Gasteiger partial charge is 0.427 e. The normalized spacial score (nSPS) is 12.1. The number of hydrogen-bond donors (Lipinski definition) is 0. The highest BCUT2D eigenvalue weighted by atomic mass is 32.2. The Bertz CT molecular complexity index is 913. The summed E-state index contributed by atoms with van der Waals surface area (Å²) in [5.74, 6) is -1.00. The summed E-state index contributed by atoms with van der Waals surface area (Å²) in [6, 6.07) is 26.4. The Labute approximate surface area is 170 Å². The lowest BCUT2D eigenvalue weighted by Gasteiger charge is -2.27. The third kappa shape index (κ3) is 4.82. The first-order chi connectivity index (χ1) is 13.7. The molecule has 0 aliphatic rings. The fourth-order valence-electron chi connectivity index (χ4n) is 2.60. The van der Waals surface area contributed by atoms with Crippen molar-refractivity contribution in [3.8, 4) is 0 Å². The van der Waals surface area contributed by atoms with Crippen LogP contribution in [0.3, 0.4) is 0 Å². The van der Waals surface area contributed by atoms with Crippen molar-refractivity contribution in [3.05, 3.63) is 90.5 Å². The van der Waals surface area contributed by atoms with Crippen molar-refractivity contribution in [3.63, 3.8) is 0 Å². The molecule has 150 valence electrons. The van der Waals surface area contributed by atoms with Gasteiger partial charge in [0.1, 0.15) is 0 Å². The standard InChI is InChI=1S/C23H20F3O2S/c1-22(2,23(24,25)26)28-21(27)17-13-15-20(16-14-17)29(18-9-5-3-6-10-18)19-11-7-4-8-12-19/h3-16H,1-2H3/q+1. The van der Waals surface area contributed by atoms with E-state index in [4.69, 9.17) is 4.74 Å². The summed E-state index contributed by atoms with van der Waals surface area (Å²) < 4.78 is 43.6. The van der Waals surface area contributed by atoms with E-state index in [2.05, 4.69) is 0 Å². The third-order valence-corrected chi connectivity index (χ3v) is 6.54. The molecule has 0 aromatic heterocycles. The quantitative estimate of drug-likeness (QED) is 0.361. The van der Waals surface area contributed by atoms with E-state index in [1.807, 2.05) is 60.7 Å². The Kier molecular flexibility index (Phi) is 6.03. The monoisotopic (exact) mass is 417 g/mol. The van der Waals surface area contributed by atoms with E-state index >= 15 is 0 Å². The van der Waals surface area contributed by atoms with E-state index in [1.165, 1.54) is 12.1 Å². The Morgan fingerprint density at radius 3 is 1.55 bits per heavy atom. The molecule has 0 atom stereocenters. The number of alkyl halides is 3. The molecule has 0 radical (unpaired) electrons. The molecule has 6 heteroatoms. The van der Waals surface area contributed by atoms with Gasteiger partial charge in [-0.2, -0.15) is 13.2 Å². The van der Waals surface area contributed by atoms with Crippen molar-refractivity contribution < 1.29 is 22.7 Å². The van der Waals surface area contributed by atoms with Gasteiger partial charge in [0, 0.05) is 0 Å². The van der Waals surface area contributed by atoms with E-state index in [9.17, 15) is 18.0 Å².